The van der Waals surface area contributed by atoms with Gasteiger partial charge in [0, 0.05) is 0 Å². The van der Waals surface area contributed by atoms with E-state index >= 15 is 0 Å². The van der Waals surface area contributed by atoms with Gasteiger partial charge in [-0.2, -0.15) is 0 Å². The van der Waals surface area contributed by atoms with Crippen molar-refractivity contribution in [3.63, 3.8) is 0 Å². The van der Waals surface area contributed by atoms with Crippen LogP contribution < -0.4 is 29.6 Å². The third-order valence-corrected chi connectivity index (χ3v) is 1.86. The van der Waals surface area contributed by atoms with Gasteiger partial charge in [0.05, 0.1) is 66.1 Å². The Labute approximate surface area is 119 Å². The minimum Gasteiger partial charge on any atom is -0.377 e. The van der Waals surface area contributed by atoms with Crippen LogP contribution in [0.2, 0.25) is 0 Å². The first-order valence-electron chi connectivity index (χ1n) is 5.39. The molecule has 1 rings (SSSR count). The molecule has 1 heterocycles. The molecule has 0 saturated carbocycles. The van der Waals surface area contributed by atoms with Crippen molar-refractivity contribution in [3.05, 3.63) is 0 Å². The molecule has 0 N–H and O–H groups in total. The summed E-state index contributed by atoms with van der Waals surface area (Å²) in [5.74, 6) is 0. The van der Waals surface area contributed by atoms with Gasteiger partial charge < -0.3 is 23.7 Å². The molecule has 0 aromatic rings. The van der Waals surface area contributed by atoms with Gasteiger partial charge in [-0.05, 0) is 0 Å². The van der Waals surface area contributed by atoms with E-state index in [-0.39, 0.29) is 29.6 Å². The van der Waals surface area contributed by atoms with E-state index in [1.165, 1.54) is 0 Å². The smallest absolute Gasteiger partial charge is 0.377 e. The van der Waals surface area contributed by atoms with Crippen LogP contribution in [0.3, 0.4) is 0 Å². The first-order chi connectivity index (χ1) is 7.50. The second-order valence-corrected chi connectivity index (χ2v) is 3.06. The number of ether oxygens (including phenoxy) is 5. The van der Waals surface area contributed by atoms with Crippen molar-refractivity contribution in [2.24, 2.45) is 0 Å². The normalized spacial score (nSPS) is 22.5. The monoisotopic (exact) mass is 243 g/mol. The third kappa shape index (κ3) is 11.3. The average Bonchev–Trinajstić information content (AvgIpc) is 2.27. The summed E-state index contributed by atoms with van der Waals surface area (Å²) in [5.41, 5.74) is 0. The van der Waals surface area contributed by atoms with E-state index in [0.717, 1.165) is 0 Å². The van der Waals surface area contributed by atoms with E-state index in [4.69, 9.17) is 23.7 Å². The molecule has 0 amide bonds. The fourth-order valence-corrected chi connectivity index (χ4v) is 1.10. The number of hydrogen-bond donors (Lipinski definition) is 0. The van der Waals surface area contributed by atoms with Crippen LogP contribution in [0.5, 0.6) is 0 Å². The minimum absolute atomic E-state index is 0. The maximum Gasteiger partial charge on any atom is 1.00 e. The molecule has 0 radical (unpaired) electrons. The molecular weight excluding hydrogens is 223 g/mol. The predicted octanol–water partition coefficient (Wildman–Crippen LogP) is -2.91. The van der Waals surface area contributed by atoms with Gasteiger partial charge in [-0.25, -0.2) is 0 Å². The molecule has 0 atom stereocenters. The Balaban J connectivity index is 0.00000225. The molecule has 90 valence electrons. The van der Waals surface area contributed by atoms with Crippen LogP contribution in [0.4, 0.5) is 0 Å². The summed E-state index contributed by atoms with van der Waals surface area (Å²) < 4.78 is 26.4. The van der Waals surface area contributed by atoms with Gasteiger partial charge in [0.2, 0.25) is 0 Å². The summed E-state index contributed by atoms with van der Waals surface area (Å²) in [7, 11) is 0. The van der Waals surface area contributed by atoms with Crippen LogP contribution in [-0.4, -0.2) is 66.1 Å². The molecule has 0 aliphatic carbocycles. The average molecular weight is 243 g/mol. The molecule has 6 heteroatoms. The Morgan fingerprint density at radius 3 is 0.562 bits per heavy atom. The Kier molecular flexibility index (Phi) is 14.6. The summed E-state index contributed by atoms with van der Waals surface area (Å²) >= 11 is 0. The van der Waals surface area contributed by atoms with Crippen LogP contribution in [0, 0.1) is 0 Å². The summed E-state index contributed by atoms with van der Waals surface area (Å²) in [4.78, 5) is 0. The first-order valence-corrected chi connectivity index (χ1v) is 5.39. The van der Waals surface area contributed by atoms with Crippen molar-refractivity contribution in [2.45, 2.75) is 0 Å². The molecular formula is C10H20NaO5+. The van der Waals surface area contributed by atoms with Gasteiger partial charge >= 0.3 is 29.6 Å². The molecule has 16 heavy (non-hydrogen) atoms. The van der Waals surface area contributed by atoms with E-state index in [1.807, 2.05) is 0 Å². The molecule has 1 aliphatic heterocycles. The quantitative estimate of drug-likeness (QED) is 0.427. The zero-order valence-corrected chi connectivity index (χ0v) is 12.1. The van der Waals surface area contributed by atoms with Crippen molar-refractivity contribution in [1.29, 1.82) is 0 Å². The van der Waals surface area contributed by atoms with E-state index in [1.54, 1.807) is 0 Å². The Morgan fingerprint density at radius 1 is 0.312 bits per heavy atom. The van der Waals surface area contributed by atoms with Gasteiger partial charge in [-0.3, -0.25) is 0 Å². The molecule has 1 fully saturated rings. The fourth-order valence-electron chi connectivity index (χ4n) is 1.10. The number of hydrogen-bond acceptors (Lipinski definition) is 5. The summed E-state index contributed by atoms with van der Waals surface area (Å²) in [5, 5.41) is 0. The molecule has 5 nitrogen and oxygen atoms in total. The molecule has 0 unspecified atom stereocenters. The molecule has 1 aliphatic rings. The van der Waals surface area contributed by atoms with Gasteiger partial charge in [-0.1, -0.05) is 0 Å². The minimum atomic E-state index is 0. The Bertz CT molecular complexity index is 77.8. The van der Waals surface area contributed by atoms with E-state index in [0.29, 0.717) is 66.1 Å². The van der Waals surface area contributed by atoms with Crippen LogP contribution >= 0.6 is 0 Å². The van der Waals surface area contributed by atoms with Gasteiger partial charge in [0.25, 0.3) is 0 Å². The third-order valence-electron chi connectivity index (χ3n) is 1.86. The Hall–Kier alpha value is 0.800. The predicted molar refractivity (Wildman–Crippen MR) is 54.1 cm³/mol. The zero-order valence-electron chi connectivity index (χ0n) is 10.1. The largest absolute Gasteiger partial charge is 1.00 e. The van der Waals surface area contributed by atoms with E-state index < -0.39 is 0 Å². The standard InChI is InChI=1S/C10H20O5.Na/c1-2-12-5-6-14-9-10-15-8-7-13-4-3-11-1;/h1-10H2;/q;+1. The van der Waals surface area contributed by atoms with Crippen molar-refractivity contribution in [1.82, 2.24) is 0 Å². The SMILES string of the molecule is C1COCCOCCOCCOCCO1.[Na+]. The van der Waals surface area contributed by atoms with Gasteiger partial charge in [0.1, 0.15) is 0 Å². The fraction of sp³-hybridized carbons (Fsp3) is 1.00. The topological polar surface area (TPSA) is 46.2 Å². The van der Waals surface area contributed by atoms with E-state index in [9.17, 15) is 0 Å². The van der Waals surface area contributed by atoms with Gasteiger partial charge in [0.15, 0.2) is 0 Å². The molecule has 0 spiro atoms. The summed E-state index contributed by atoms with van der Waals surface area (Å²) in [6, 6.07) is 0. The van der Waals surface area contributed by atoms with Crippen LogP contribution in [0.25, 0.3) is 0 Å². The molecule has 0 aromatic carbocycles. The van der Waals surface area contributed by atoms with Crippen molar-refractivity contribution >= 4 is 0 Å². The molecule has 0 bridgehead atoms. The van der Waals surface area contributed by atoms with E-state index in [2.05, 4.69) is 0 Å². The second-order valence-electron chi connectivity index (χ2n) is 3.06. The second kappa shape index (κ2) is 13.9. The van der Waals surface area contributed by atoms with Crippen molar-refractivity contribution in [3.8, 4) is 0 Å². The van der Waals surface area contributed by atoms with Gasteiger partial charge in [-0.15, -0.1) is 0 Å². The van der Waals surface area contributed by atoms with Crippen LogP contribution in [0.15, 0.2) is 0 Å². The summed E-state index contributed by atoms with van der Waals surface area (Å²) in [6.07, 6.45) is 0. The molecule has 0 aromatic heterocycles. The zero-order chi connectivity index (χ0) is 10.6. The van der Waals surface area contributed by atoms with Crippen molar-refractivity contribution in [2.75, 3.05) is 66.1 Å². The van der Waals surface area contributed by atoms with Crippen molar-refractivity contribution < 1.29 is 53.2 Å². The Morgan fingerprint density at radius 2 is 0.438 bits per heavy atom. The summed E-state index contributed by atoms with van der Waals surface area (Å²) in [6.45, 7) is 6.11. The number of rotatable bonds is 0. The maximum atomic E-state index is 5.28. The molecule has 1 saturated heterocycles. The maximum absolute atomic E-state index is 5.28. The first kappa shape index (κ1) is 16.8. The van der Waals surface area contributed by atoms with Crippen LogP contribution in [-0.2, 0) is 23.7 Å². The van der Waals surface area contributed by atoms with Crippen LogP contribution in [0.1, 0.15) is 0 Å².